The molecule has 1 aliphatic heterocycles. The first-order valence-electron chi connectivity index (χ1n) is 9.51. The number of nitrogens with two attached hydrogens (primary N) is 1. The monoisotopic (exact) mass is 434 g/mol. The molecular formula is C19H22N4O4S2. The predicted octanol–water partition coefficient (Wildman–Crippen LogP) is 2.05. The molecule has 1 saturated carbocycles. The van der Waals surface area contributed by atoms with E-state index in [9.17, 15) is 18.0 Å². The molecule has 3 N–H and O–H groups in total. The van der Waals surface area contributed by atoms with Gasteiger partial charge >= 0.3 is 0 Å². The highest BCUT2D eigenvalue weighted by molar-refractivity contribution is 8.00. The molecule has 2 unspecified atom stereocenters. The fourth-order valence-electron chi connectivity index (χ4n) is 3.99. The average Bonchev–Trinajstić information content (AvgIpc) is 2.86. The number of anilines is 1. The molecule has 0 saturated heterocycles. The van der Waals surface area contributed by atoms with Crippen LogP contribution < -0.4 is 16.0 Å². The Kier molecular flexibility index (Phi) is 5.50. The number of sulfonamides is 1. The van der Waals surface area contributed by atoms with Crippen LogP contribution in [0.3, 0.4) is 0 Å². The highest BCUT2D eigenvalue weighted by Crippen LogP contribution is 2.48. The number of amides is 1. The van der Waals surface area contributed by atoms with Gasteiger partial charge in [0.05, 0.1) is 16.8 Å². The van der Waals surface area contributed by atoms with E-state index in [1.165, 1.54) is 48.0 Å². The number of aromatic nitrogens is 2. The second-order valence-electron chi connectivity index (χ2n) is 7.41. The van der Waals surface area contributed by atoms with Crippen LogP contribution in [-0.4, -0.2) is 29.1 Å². The minimum Gasteiger partial charge on any atom is -0.325 e. The molecule has 2 aromatic rings. The Hall–Kier alpha value is -2.17. The van der Waals surface area contributed by atoms with Crippen LogP contribution in [0.2, 0.25) is 0 Å². The van der Waals surface area contributed by atoms with E-state index in [2.05, 4.69) is 10.3 Å². The zero-order valence-corrected chi connectivity index (χ0v) is 17.3. The number of nitrogens with one attached hydrogen (secondary N) is 1. The van der Waals surface area contributed by atoms with Crippen molar-refractivity contribution >= 4 is 33.4 Å². The number of nitrogens with zero attached hydrogens (tertiary/aromatic N) is 2. The topological polar surface area (TPSA) is 124 Å². The first-order chi connectivity index (χ1) is 13.8. The molecule has 2 atom stereocenters. The number of hydrogen-bond donors (Lipinski definition) is 2. The molecule has 8 nitrogen and oxygen atoms in total. The molecule has 1 amide bonds. The summed E-state index contributed by atoms with van der Waals surface area (Å²) in [4.78, 5) is 29.8. The molecule has 1 aromatic carbocycles. The molecule has 1 fully saturated rings. The minimum atomic E-state index is -3.79. The molecule has 1 aliphatic carbocycles. The Morgan fingerprint density at radius 3 is 2.66 bits per heavy atom. The van der Waals surface area contributed by atoms with Crippen molar-refractivity contribution in [3.05, 3.63) is 46.5 Å². The Labute approximate surface area is 173 Å². The fraction of sp³-hybridized carbons (Fsp3) is 0.421. The maximum absolute atomic E-state index is 13.0. The molecule has 2 aliphatic rings. The first-order valence-corrected chi connectivity index (χ1v) is 11.9. The standard InChI is InChI=1S/C19H22N4O4S2/c20-29(26,27)13-8-6-12(7-9-13)22-16(24)10-23-11-21-18-17(19(23)25)14-4-2-1-3-5-15(14)28-18/h6-9,11,14-15H,1-5,10H2,(H,22,24)(H2,20,26,27). The summed E-state index contributed by atoms with van der Waals surface area (Å²) < 4.78 is 24.0. The third kappa shape index (κ3) is 4.24. The maximum atomic E-state index is 13.0. The van der Waals surface area contributed by atoms with E-state index in [0.717, 1.165) is 29.9 Å². The molecule has 29 heavy (non-hydrogen) atoms. The van der Waals surface area contributed by atoms with Crippen LogP contribution in [0.1, 0.15) is 43.6 Å². The zero-order chi connectivity index (χ0) is 20.6. The van der Waals surface area contributed by atoms with Crippen molar-refractivity contribution in [3.63, 3.8) is 0 Å². The Morgan fingerprint density at radius 2 is 1.93 bits per heavy atom. The van der Waals surface area contributed by atoms with Gasteiger partial charge in [-0.05, 0) is 37.1 Å². The number of primary sulfonamides is 1. The summed E-state index contributed by atoms with van der Waals surface area (Å²) in [6.07, 6.45) is 7.02. The number of carbonyl (C=O) groups is 1. The second-order valence-corrected chi connectivity index (χ2v) is 10.2. The third-order valence-electron chi connectivity index (χ3n) is 5.40. The zero-order valence-electron chi connectivity index (χ0n) is 15.7. The maximum Gasteiger partial charge on any atom is 0.258 e. The van der Waals surface area contributed by atoms with Crippen LogP contribution in [0.4, 0.5) is 5.69 Å². The van der Waals surface area contributed by atoms with Gasteiger partial charge in [0.25, 0.3) is 5.56 Å². The van der Waals surface area contributed by atoms with Crippen LogP contribution >= 0.6 is 11.8 Å². The van der Waals surface area contributed by atoms with Gasteiger partial charge in [-0.2, -0.15) is 0 Å². The molecule has 0 bridgehead atoms. The molecule has 0 radical (unpaired) electrons. The van der Waals surface area contributed by atoms with Gasteiger partial charge in [0.15, 0.2) is 0 Å². The minimum absolute atomic E-state index is 0.0370. The first kappa shape index (κ1) is 20.1. The lowest BCUT2D eigenvalue weighted by Crippen LogP contribution is -2.31. The van der Waals surface area contributed by atoms with Gasteiger partial charge in [0, 0.05) is 16.9 Å². The molecule has 1 aromatic heterocycles. The fourth-order valence-corrected chi connectivity index (χ4v) is 5.98. The Balaban J connectivity index is 1.50. The summed E-state index contributed by atoms with van der Waals surface area (Å²) in [6, 6.07) is 5.54. The number of fused-ring (bicyclic) bond motifs is 3. The van der Waals surface area contributed by atoms with E-state index in [4.69, 9.17) is 5.14 Å². The molecule has 154 valence electrons. The lowest BCUT2D eigenvalue weighted by Gasteiger charge is -2.15. The molecule has 2 heterocycles. The van der Waals surface area contributed by atoms with E-state index < -0.39 is 10.0 Å². The van der Waals surface area contributed by atoms with E-state index in [0.29, 0.717) is 10.9 Å². The third-order valence-corrected chi connectivity index (χ3v) is 7.75. The smallest absolute Gasteiger partial charge is 0.258 e. The summed E-state index contributed by atoms with van der Waals surface area (Å²) in [7, 11) is -3.79. The number of benzene rings is 1. The Morgan fingerprint density at radius 1 is 1.21 bits per heavy atom. The van der Waals surface area contributed by atoms with Crippen LogP contribution in [0, 0.1) is 0 Å². The SMILES string of the molecule is NS(=O)(=O)c1ccc(NC(=O)Cn2cnc3c(c2=O)C2CCCCCC2S3)cc1. The van der Waals surface area contributed by atoms with Gasteiger partial charge in [-0.25, -0.2) is 18.5 Å². The number of hydrogen-bond acceptors (Lipinski definition) is 6. The summed E-state index contributed by atoms with van der Waals surface area (Å²) in [5.74, 6) is -0.168. The van der Waals surface area contributed by atoms with Crippen LogP contribution in [-0.2, 0) is 21.4 Å². The summed E-state index contributed by atoms with van der Waals surface area (Å²) in [5, 5.41) is 8.95. The largest absolute Gasteiger partial charge is 0.325 e. The molecule has 10 heteroatoms. The van der Waals surface area contributed by atoms with Gasteiger partial charge < -0.3 is 5.32 Å². The normalized spacial score (nSPS) is 21.1. The highest BCUT2D eigenvalue weighted by atomic mass is 32.2. The number of rotatable bonds is 4. The van der Waals surface area contributed by atoms with E-state index >= 15 is 0 Å². The van der Waals surface area contributed by atoms with Crippen molar-refractivity contribution in [1.29, 1.82) is 0 Å². The van der Waals surface area contributed by atoms with Gasteiger partial charge in [-0.1, -0.05) is 19.3 Å². The predicted molar refractivity (Wildman–Crippen MR) is 110 cm³/mol. The van der Waals surface area contributed by atoms with Gasteiger partial charge in [0.1, 0.15) is 11.6 Å². The van der Waals surface area contributed by atoms with Crippen molar-refractivity contribution in [2.75, 3.05) is 5.32 Å². The van der Waals surface area contributed by atoms with Crippen molar-refractivity contribution in [2.24, 2.45) is 5.14 Å². The Bertz CT molecular complexity index is 1100. The molecular weight excluding hydrogens is 412 g/mol. The number of carbonyl (C=O) groups excluding carboxylic acids is 1. The van der Waals surface area contributed by atoms with E-state index in [1.807, 2.05) is 0 Å². The van der Waals surface area contributed by atoms with Crippen LogP contribution in [0.15, 0.2) is 45.3 Å². The molecule has 0 spiro atoms. The van der Waals surface area contributed by atoms with E-state index in [1.54, 1.807) is 11.8 Å². The van der Waals surface area contributed by atoms with Crippen LogP contribution in [0.5, 0.6) is 0 Å². The lowest BCUT2D eigenvalue weighted by atomic mass is 9.93. The van der Waals surface area contributed by atoms with Gasteiger partial charge in [0.2, 0.25) is 15.9 Å². The van der Waals surface area contributed by atoms with Gasteiger partial charge in [-0.15, -0.1) is 11.8 Å². The summed E-state index contributed by atoms with van der Waals surface area (Å²) in [5.41, 5.74) is 1.04. The highest BCUT2D eigenvalue weighted by Gasteiger charge is 2.37. The summed E-state index contributed by atoms with van der Waals surface area (Å²) in [6.45, 7) is -0.155. The van der Waals surface area contributed by atoms with Crippen molar-refractivity contribution in [2.45, 2.75) is 59.7 Å². The summed E-state index contributed by atoms with van der Waals surface area (Å²) >= 11 is 1.70. The van der Waals surface area contributed by atoms with E-state index in [-0.39, 0.29) is 28.8 Å². The van der Waals surface area contributed by atoms with Gasteiger partial charge in [-0.3, -0.25) is 14.2 Å². The quantitative estimate of drug-likeness (QED) is 0.710. The second kappa shape index (κ2) is 7.92. The lowest BCUT2D eigenvalue weighted by molar-refractivity contribution is -0.116. The van der Waals surface area contributed by atoms with Crippen molar-refractivity contribution < 1.29 is 13.2 Å². The van der Waals surface area contributed by atoms with Crippen molar-refractivity contribution in [3.8, 4) is 0 Å². The van der Waals surface area contributed by atoms with Crippen molar-refractivity contribution in [1.82, 2.24) is 9.55 Å². The molecule has 4 rings (SSSR count). The average molecular weight is 435 g/mol. The van der Waals surface area contributed by atoms with Crippen LogP contribution in [0.25, 0.3) is 0 Å². The number of thioether (sulfide) groups is 1.